The van der Waals surface area contributed by atoms with Crippen molar-refractivity contribution in [3.05, 3.63) is 34.3 Å². The Kier molecular flexibility index (Phi) is 5.44. The number of amides is 1. The highest BCUT2D eigenvalue weighted by Gasteiger charge is 2.30. The molecule has 2 atom stereocenters. The Morgan fingerprint density at radius 3 is 2.67 bits per heavy atom. The largest absolute Gasteiger partial charge is 0.346 e. The first kappa shape index (κ1) is 16.5. The lowest BCUT2D eigenvalue weighted by Gasteiger charge is -2.33. The van der Waals surface area contributed by atoms with E-state index in [1.165, 1.54) is 6.42 Å². The maximum atomic E-state index is 12.5. The van der Waals surface area contributed by atoms with E-state index in [4.69, 9.17) is 0 Å². The molecule has 3 nitrogen and oxygen atoms in total. The standard InChI is InChI=1S/C17H25BrN2O/c1-4-12-9-10-19-15(11-12)16(21)20-17(2,3)13-5-7-14(18)8-6-13/h5-8,12,15,19H,4,9-11H2,1-3H3,(H,20,21). The van der Waals surface area contributed by atoms with Crippen LogP contribution in [0.2, 0.25) is 0 Å². The molecule has 0 aromatic heterocycles. The number of hydrogen-bond donors (Lipinski definition) is 2. The second-order valence-corrected chi connectivity index (χ2v) is 7.34. The van der Waals surface area contributed by atoms with Crippen molar-refractivity contribution in [2.45, 2.75) is 51.6 Å². The van der Waals surface area contributed by atoms with Gasteiger partial charge in [0.15, 0.2) is 0 Å². The molecule has 0 aliphatic carbocycles. The van der Waals surface area contributed by atoms with Gasteiger partial charge in [-0.25, -0.2) is 0 Å². The van der Waals surface area contributed by atoms with Crippen LogP contribution in [0.1, 0.15) is 45.6 Å². The Morgan fingerprint density at radius 1 is 1.38 bits per heavy atom. The molecule has 0 radical (unpaired) electrons. The third kappa shape index (κ3) is 4.30. The van der Waals surface area contributed by atoms with Crippen molar-refractivity contribution in [2.24, 2.45) is 5.92 Å². The summed E-state index contributed by atoms with van der Waals surface area (Å²) in [6.07, 6.45) is 3.27. The quantitative estimate of drug-likeness (QED) is 0.869. The van der Waals surface area contributed by atoms with Crippen LogP contribution in [0.25, 0.3) is 0 Å². The molecule has 1 aromatic rings. The minimum Gasteiger partial charge on any atom is -0.346 e. The number of nitrogens with one attached hydrogen (secondary N) is 2. The van der Waals surface area contributed by atoms with Gasteiger partial charge in [-0.3, -0.25) is 4.79 Å². The van der Waals surface area contributed by atoms with Gasteiger partial charge in [0.25, 0.3) is 0 Å². The van der Waals surface area contributed by atoms with Crippen molar-refractivity contribution >= 4 is 21.8 Å². The normalized spacial score (nSPS) is 22.9. The van der Waals surface area contributed by atoms with E-state index in [9.17, 15) is 4.79 Å². The van der Waals surface area contributed by atoms with Crippen LogP contribution in [-0.2, 0) is 10.3 Å². The molecule has 1 aliphatic rings. The lowest BCUT2D eigenvalue weighted by molar-refractivity contribution is -0.125. The van der Waals surface area contributed by atoms with Crippen molar-refractivity contribution in [2.75, 3.05) is 6.54 Å². The molecule has 1 heterocycles. The van der Waals surface area contributed by atoms with Crippen molar-refractivity contribution in [1.82, 2.24) is 10.6 Å². The Balaban J connectivity index is 2.02. The summed E-state index contributed by atoms with van der Waals surface area (Å²) in [5.74, 6) is 0.777. The van der Waals surface area contributed by atoms with Gasteiger partial charge in [0.1, 0.15) is 0 Å². The van der Waals surface area contributed by atoms with Crippen molar-refractivity contribution in [1.29, 1.82) is 0 Å². The molecule has 4 heteroatoms. The third-order valence-electron chi connectivity index (χ3n) is 4.41. The molecule has 1 amide bonds. The highest BCUT2D eigenvalue weighted by atomic mass is 79.9. The van der Waals surface area contributed by atoms with Gasteiger partial charge in [-0.05, 0) is 56.8 Å². The van der Waals surface area contributed by atoms with E-state index in [-0.39, 0.29) is 17.5 Å². The highest BCUT2D eigenvalue weighted by Crippen LogP contribution is 2.24. The number of halogens is 1. The van der Waals surface area contributed by atoms with Crippen LogP contribution >= 0.6 is 15.9 Å². The fourth-order valence-electron chi connectivity index (χ4n) is 2.90. The van der Waals surface area contributed by atoms with Gasteiger partial charge in [0.2, 0.25) is 5.91 Å². The zero-order valence-electron chi connectivity index (χ0n) is 13.1. The van der Waals surface area contributed by atoms with E-state index in [2.05, 4.69) is 33.5 Å². The van der Waals surface area contributed by atoms with Gasteiger partial charge in [-0.15, -0.1) is 0 Å². The second-order valence-electron chi connectivity index (χ2n) is 6.43. The minimum atomic E-state index is -0.362. The molecule has 0 bridgehead atoms. The molecule has 116 valence electrons. The van der Waals surface area contributed by atoms with Crippen LogP contribution < -0.4 is 10.6 Å². The summed E-state index contributed by atoms with van der Waals surface area (Å²) in [4.78, 5) is 12.5. The van der Waals surface area contributed by atoms with E-state index in [0.29, 0.717) is 5.92 Å². The SMILES string of the molecule is CCC1CCNC(C(=O)NC(C)(C)c2ccc(Br)cc2)C1. The molecule has 2 unspecified atom stereocenters. The summed E-state index contributed by atoms with van der Waals surface area (Å²) in [7, 11) is 0. The lowest BCUT2D eigenvalue weighted by atomic mass is 9.88. The molecule has 1 saturated heterocycles. The zero-order chi connectivity index (χ0) is 15.5. The first-order valence-corrected chi connectivity index (χ1v) is 8.53. The predicted molar refractivity (Wildman–Crippen MR) is 90.1 cm³/mol. The van der Waals surface area contributed by atoms with Gasteiger partial charge < -0.3 is 10.6 Å². The minimum absolute atomic E-state index is 0.0570. The smallest absolute Gasteiger partial charge is 0.237 e. The first-order chi connectivity index (χ1) is 9.92. The Labute approximate surface area is 136 Å². The van der Waals surface area contributed by atoms with Gasteiger partial charge in [0.05, 0.1) is 11.6 Å². The van der Waals surface area contributed by atoms with Crippen molar-refractivity contribution < 1.29 is 4.79 Å². The molecule has 1 aliphatic heterocycles. The maximum Gasteiger partial charge on any atom is 0.237 e. The van der Waals surface area contributed by atoms with Gasteiger partial charge in [0, 0.05) is 4.47 Å². The van der Waals surface area contributed by atoms with Crippen molar-refractivity contribution in [3.8, 4) is 0 Å². The summed E-state index contributed by atoms with van der Waals surface area (Å²) in [5.41, 5.74) is 0.750. The Morgan fingerprint density at radius 2 is 2.05 bits per heavy atom. The zero-order valence-corrected chi connectivity index (χ0v) is 14.7. The Hall–Kier alpha value is -0.870. The van der Waals surface area contributed by atoms with Crippen LogP contribution in [0, 0.1) is 5.92 Å². The van der Waals surface area contributed by atoms with Gasteiger partial charge in [-0.2, -0.15) is 0 Å². The van der Waals surface area contributed by atoms with E-state index < -0.39 is 0 Å². The van der Waals surface area contributed by atoms with Crippen LogP contribution in [-0.4, -0.2) is 18.5 Å². The van der Waals surface area contributed by atoms with Crippen molar-refractivity contribution in [3.63, 3.8) is 0 Å². The summed E-state index contributed by atoms with van der Waals surface area (Å²) in [5, 5.41) is 6.54. The molecule has 1 fully saturated rings. The first-order valence-electron chi connectivity index (χ1n) is 7.74. The molecule has 0 spiro atoms. The molecule has 2 rings (SSSR count). The average Bonchev–Trinajstić information content (AvgIpc) is 2.47. The summed E-state index contributed by atoms with van der Waals surface area (Å²) in [6, 6.07) is 8.06. The second kappa shape index (κ2) is 6.93. The van der Waals surface area contributed by atoms with E-state index in [0.717, 1.165) is 29.4 Å². The highest BCUT2D eigenvalue weighted by molar-refractivity contribution is 9.10. The fourth-order valence-corrected chi connectivity index (χ4v) is 3.16. The molecule has 21 heavy (non-hydrogen) atoms. The van der Waals surface area contributed by atoms with Crippen LogP contribution in [0.15, 0.2) is 28.7 Å². The third-order valence-corrected chi connectivity index (χ3v) is 4.94. The van der Waals surface area contributed by atoms with E-state index in [1.54, 1.807) is 0 Å². The average molecular weight is 353 g/mol. The van der Waals surface area contributed by atoms with Gasteiger partial charge in [-0.1, -0.05) is 41.4 Å². The number of hydrogen-bond acceptors (Lipinski definition) is 2. The predicted octanol–water partition coefficient (Wildman–Crippen LogP) is 3.58. The fraction of sp³-hybridized carbons (Fsp3) is 0.588. The number of carbonyl (C=O) groups is 1. The number of rotatable bonds is 4. The molecule has 2 N–H and O–H groups in total. The number of benzene rings is 1. The number of piperidine rings is 1. The van der Waals surface area contributed by atoms with Crippen LogP contribution in [0.3, 0.4) is 0 Å². The summed E-state index contributed by atoms with van der Waals surface area (Å²) >= 11 is 3.44. The summed E-state index contributed by atoms with van der Waals surface area (Å²) in [6.45, 7) is 7.24. The Bertz CT molecular complexity index is 484. The van der Waals surface area contributed by atoms with Gasteiger partial charge >= 0.3 is 0 Å². The lowest BCUT2D eigenvalue weighted by Crippen LogP contribution is -2.53. The monoisotopic (exact) mass is 352 g/mol. The van der Waals surface area contributed by atoms with E-state index in [1.807, 2.05) is 38.1 Å². The summed E-state index contributed by atoms with van der Waals surface area (Å²) < 4.78 is 1.05. The number of carbonyl (C=O) groups excluding carboxylic acids is 1. The topological polar surface area (TPSA) is 41.1 Å². The van der Waals surface area contributed by atoms with Crippen LogP contribution in [0.4, 0.5) is 0 Å². The molecular formula is C17H25BrN2O. The molecular weight excluding hydrogens is 328 g/mol. The van der Waals surface area contributed by atoms with E-state index >= 15 is 0 Å². The maximum absolute atomic E-state index is 12.5. The van der Waals surface area contributed by atoms with Crippen LogP contribution in [0.5, 0.6) is 0 Å². The molecule has 0 saturated carbocycles. The molecule has 1 aromatic carbocycles.